The van der Waals surface area contributed by atoms with E-state index in [2.05, 4.69) is 0 Å². The summed E-state index contributed by atoms with van der Waals surface area (Å²) in [5.74, 6) is -2.06. The standard InChI is InChI=1S/C28H24F3NO5/c1-16(2)15-37-22-8-3-5-18(13-22)25(34)23-24(17-9-11-21(33)12-10-17)32(27(36)26(23)35)20-7-4-6-19(14-20)28(29,30)31/h3-14,16,24,33-34H,15H2,1-2H3/b25-23+. The van der Waals surface area contributed by atoms with Crippen molar-refractivity contribution in [3.8, 4) is 11.5 Å². The number of phenols is 1. The highest BCUT2D eigenvalue weighted by atomic mass is 19.4. The molecule has 0 bridgehead atoms. The quantitative estimate of drug-likeness (QED) is 0.238. The largest absolute Gasteiger partial charge is 0.508 e. The van der Waals surface area contributed by atoms with Crippen molar-refractivity contribution in [3.63, 3.8) is 0 Å². The van der Waals surface area contributed by atoms with E-state index in [0.717, 1.165) is 23.1 Å². The van der Waals surface area contributed by atoms with E-state index >= 15 is 0 Å². The molecule has 3 aromatic rings. The predicted octanol–water partition coefficient (Wildman–Crippen LogP) is 6.07. The Bertz CT molecular complexity index is 1360. The van der Waals surface area contributed by atoms with Gasteiger partial charge in [0.2, 0.25) is 0 Å². The van der Waals surface area contributed by atoms with E-state index in [1.54, 1.807) is 12.1 Å². The molecule has 1 heterocycles. The van der Waals surface area contributed by atoms with Crippen LogP contribution < -0.4 is 9.64 Å². The first-order valence-electron chi connectivity index (χ1n) is 11.5. The number of phenolic OH excluding ortho intramolecular Hbond substituents is 1. The number of anilines is 1. The number of aliphatic hydroxyl groups is 1. The first-order chi connectivity index (χ1) is 17.5. The summed E-state index contributed by atoms with van der Waals surface area (Å²) >= 11 is 0. The van der Waals surface area contributed by atoms with E-state index in [9.17, 15) is 33.0 Å². The minimum Gasteiger partial charge on any atom is -0.508 e. The van der Waals surface area contributed by atoms with Crippen molar-refractivity contribution in [2.24, 2.45) is 5.92 Å². The summed E-state index contributed by atoms with van der Waals surface area (Å²) in [6.45, 7) is 4.35. The van der Waals surface area contributed by atoms with E-state index in [0.29, 0.717) is 17.9 Å². The predicted molar refractivity (Wildman–Crippen MR) is 131 cm³/mol. The second kappa shape index (κ2) is 10.0. The first-order valence-corrected chi connectivity index (χ1v) is 11.5. The minimum absolute atomic E-state index is 0.0882. The average molecular weight is 511 g/mol. The molecule has 0 aliphatic carbocycles. The molecule has 3 aromatic carbocycles. The zero-order chi connectivity index (χ0) is 26.9. The van der Waals surface area contributed by atoms with Gasteiger partial charge < -0.3 is 14.9 Å². The van der Waals surface area contributed by atoms with Crippen LogP contribution in [0.1, 0.15) is 36.6 Å². The van der Waals surface area contributed by atoms with Gasteiger partial charge in [-0.1, -0.05) is 44.2 Å². The Morgan fingerprint density at radius 1 is 1.00 bits per heavy atom. The number of hydrogen-bond donors (Lipinski definition) is 2. The first kappa shape index (κ1) is 25.8. The molecule has 6 nitrogen and oxygen atoms in total. The second-order valence-electron chi connectivity index (χ2n) is 9.04. The SMILES string of the molecule is CC(C)COc1cccc(/C(O)=C2\C(=O)C(=O)N(c3cccc(C(F)(F)F)c3)C2c2ccc(O)cc2)c1. The highest BCUT2D eigenvalue weighted by molar-refractivity contribution is 6.51. The lowest BCUT2D eigenvalue weighted by Gasteiger charge is -2.26. The molecule has 192 valence electrons. The van der Waals surface area contributed by atoms with Gasteiger partial charge >= 0.3 is 6.18 Å². The summed E-state index contributed by atoms with van der Waals surface area (Å²) in [6.07, 6.45) is -4.67. The molecule has 4 rings (SSSR count). The van der Waals surface area contributed by atoms with Gasteiger partial charge in [0.05, 0.1) is 23.8 Å². The topological polar surface area (TPSA) is 87.1 Å². The van der Waals surface area contributed by atoms with E-state index in [1.807, 2.05) is 13.8 Å². The van der Waals surface area contributed by atoms with Crippen LogP contribution in [0.15, 0.2) is 78.4 Å². The van der Waals surface area contributed by atoms with Crippen LogP contribution in [0.3, 0.4) is 0 Å². The lowest BCUT2D eigenvalue weighted by molar-refractivity contribution is -0.137. The van der Waals surface area contributed by atoms with E-state index in [1.165, 1.54) is 42.5 Å². The molecule has 1 fully saturated rings. The zero-order valence-corrected chi connectivity index (χ0v) is 20.0. The maximum absolute atomic E-state index is 13.4. The molecule has 1 amide bonds. The number of alkyl halides is 3. The lowest BCUT2D eigenvalue weighted by Crippen LogP contribution is -2.29. The highest BCUT2D eigenvalue weighted by Crippen LogP contribution is 2.43. The minimum atomic E-state index is -4.67. The molecule has 9 heteroatoms. The van der Waals surface area contributed by atoms with Gasteiger partial charge in [-0.05, 0) is 53.9 Å². The maximum Gasteiger partial charge on any atom is 0.416 e. The summed E-state index contributed by atoms with van der Waals surface area (Å²) < 4.78 is 45.9. The molecule has 37 heavy (non-hydrogen) atoms. The number of ketones is 1. The molecule has 1 aliphatic heterocycles. The molecule has 0 aromatic heterocycles. The van der Waals surface area contributed by atoms with Crippen LogP contribution >= 0.6 is 0 Å². The summed E-state index contributed by atoms with van der Waals surface area (Å²) in [4.78, 5) is 27.3. The van der Waals surface area contributed by atoms with Crippen molar-refractivity contribution in [2.45, 2.75) is 26.1 Å². The van der Waals surface area contributed by atoms with Crippen molar-refractivity contribution < 1.29 is 37.7 Å². The average Bonchev–Trinajstić information content (AvgIpc) is 3.12. The Morgan fingerprint density at radius 3 is 2.32 bits per heavy atom. The summed E-state index contributed by atoms with van der Waals surface area (Å²) in [5.41, 5.74) is -0.946. The van der Waals surface area contributed by atoms with Crippen LogP contribution in [-0.4, -0.2) is 28.5 Å². The smallest absolute Gasteiger partial charge is 0.416 e. The van der Waals surface area contributed by atoms with Crippen LogP contribution in [0.25, 0.3) is 5.76 Å². The number of halogens is 3. The number of hydrogen-bond acceptors (Lipinski definition) is 5. The molecular formula is C28H24F3NO5. The van der Waals surface area contributed by atoms with E-state index < -0.39 is 35.2 Å². The molecule has 0 saturated carbocycles. The van der Waals surface area contributed by atoms with Crippen LogP contribution in [0.5, 0.6) is 11.5 Å². The molecule has 0 spiro atoms. The Balaban J connectivity index is 1.88. The van der Waals surface area contributed by atoms with Gasteiger partial charge in [0, 0.05) is 11.3 Å². The molecule has 1 atom stereocenters. The van der Waals surface area contributed by atoms with Gasteiger partial charge in [-0.2, -0.15) is 13.2 Å². The molecule has 0 radical (unpaired) electrons. The molecule has 1 aliphatic rings. The number of benzene rings is 3. The fraction of sp³-hybridized carbons (Fsp3) is 0.214. The summed E-state index contributed by atoms with van der Waals surface area (Å²) in [6, 6.07) is 14.7. The number of Topliss-reactive ketones (excluding diaryl/α,β-unsaturated/α-hetero) is 1. The number of carbonyl (C=O) groups excluding carboxylic acids is 2. The Kier molecular flexibility index (Phi) is 6.98. The van der Waals surface area contributed by atoms with Gasteiger partial charge in [0.25, 0.3) is 11.7 Å². The van der Waals surface area contributed by atoms with Crippen molar-refractivity contribution in [3.05, 3.63) is 95.1 Å². The Labute approximate surface area is 211 Å². The number of rotatable bonds is 6. The second-order valence-corrected chi connectivity index (χ2v) is 9.04. The lowest BCUT2D eigenvalue weighted by atomic mass is 9.95. The van der Waals surface area contributed by atoms with Gasteiger partial charge in [-0.25, -0.2) is 0 Å². The highest BCUT2D eigenvalue weighted by Gasteiger charge is 2.47. The number of nitrogens with zero attached hydrogens (tertiary/aromatic N) is 1. The van der Waals surface area contributed by atoms with Crippen LogP contribution in [0.2, 0.25) is 0 Å². The fourth-order valence-electron chi connectivity index (χ4n) is 4.05. The third-order valence-corrected chi connectivity index (χ3v) is 5.80. The number of amides is 1. The number of aliphatic hydroxyl groups excluding tert-OH is 1. The number of aromatic hydroxyl groups is 1. The van der Waals surface area contributed by atoms with Crippen molar-refractivity contribution in [2.75, 3.05) is 11.5 Å². The van der Waals surface area contributed by atoms with Gasteiger partial charge in [-0.15, -0.1) is 0 Å². The Hall–Kier alpha value is -4.27. The van der Waals surface area contributed by atoms with Crippen LogP contribution in [0.4, 0.5) is 18.9 Å². The fourth-order valence-corrected chi connectivity index (χ4v) is 4.05. The van der Waals surface area contributed by atoms with Crippen molar-refractivity contribution >= 4 is 23.1 Å². The normalized spacial score (nSPS) is 17.5. The molecular weight excluding hydrogens is 487 g/mol. The van der Waals surface area contributed by atoms with E-state index in [-0.39, 0.29) is 28.5 Å². The number of ether oxygens (including phenoxy) is 1. The van der Waals surface area contributed by atoms with Crippen molar-refractivity contribution in [1.82, 2.24) is 0 Å². The molecule has 2 N–H and O–H groups in total. The van der Waals surface area contributed by atoms with Gasteiger partial charge in [0.15, 0.2) is 0 Å². The monoisotopic (exact) mass is 511 g/mol. The third kappa shape index (κ3) is 5.30. The molecule has 1 saturated heterocycles. The summed E-state index contributed by atoms with van der Waals surface area (Å²) in [7, 11) is 0. The van der Waals surface area contributed by atoms with Crippen molar-refractivity contribution in [1.29, 1.82) is 0 Å². The van der Waals surface area contributed by atoms with Crippen LogP contribution in [-0.2, 0) is 15.8 Å². The van der Waals surface area contributed by atoms with E-state index in [4.69, 9.17) is 4.74 Å². The van der Waals surface area contributed by atoms with Crippen LogP contribution in [0, 0.1) is 5.92 Å². The zero-order valence-electron chi connectivity index (χ0n) is 20.0. The van der Waals surface area contributed by atoms with Gasteiger partial charge in [0.1, 0.15) is 17.3 Å². The Morgan fingerprint density at radius 2 is 1.68 bits per heavy atom. The maximum atomic E-state index is 13.4. The number of carbonyl (C=O) groups is 2. The molecule has 1 unspecified atom stereocenters. The van der Waals surface area contributed by atoms with Gasteiger partial charge in [-0.3, -0.25) is 14.5 Å². The summed E-state index contributed by atoms with van der Waals surface area (Å²) in [5, 5.41) is 21.0. The third-order valence-electron chi connectivity index (χ3n) is 5.80.